The van der Waals surface area contributed by atoms with E-state index in [2.05, 4.69) is 9.73 Å². The molecule has 122 valence electrons. The van der Waals surface area contributed by atoms with Gasteiger partial charge in [0.2, 0.25) is 0 Å². The van der Waals surface area contributed by atoms with Crippen LogP contribution >= 0.6 is 0 Å². The number of carbonyl (C=O) groups excluding carboxylic acids is 1. The Balaban J connectivity index is 5.57. The van der Waals surface area contributed by atoms with Crippen LogP contribution in [0.15, 0.2) is 16.8 Å². The predicted molar refractivity (Wildman–Crippen MR) is 60.4 cm³/mol. The summed E-state index contributed by atoms with van der Waals surface area (Å²) in [5.74, 6) is -1.87. The molecule has 0 heterocycles. The van der Waals surface area contributed by atoms with Crippen molar-refractivity contribution >= 4 is 22.3 Å². The summed E-state index contributed by atoms with van der Waals surface area (Å²) >= 11 is 0. The molecule has 0 aliphatic rings. The topological polar surface area (TPSA) is 93.0 Å². The summed E-state index contributed by atoms with van der Waals surface area (Å²) in [6.45, 7) is 2.31. The molecule has 0 aromatic carbocycles. The molecule has 0 saturated carbocycles. The number of aliphatic imine (C=N–C) groups is 1. The molecule has 0 radical (unpaired) electrons. The number of halogens is 5. The van der Waals surface area contributed by atoms with E-state index < -0.39 is 39.2 Å². The van der Waals surface area contributed by atoms with Crippen LogP contribution in [0.5, 0.6) is 0 Å². The van der Waals surface area contributed by atoms with Crippen molar-refractivity contribution in [2.45, 2.75) is 31.4 Å². The summed E-state index contributed by atoms with van der Waals surface area (Å²) in [6.07, 6.45) is -8.42. The average molecular weight is 339 g/mol. The van der Waals surface area contributed by atoms with Gasteiger partial charge in [-0.25, -0.2) is 4.79 Å². The lowest BCUT2D eigenvalue weighted by Gasteiger charge is -2.26. The van der Waals surface area contributed by atoms with E-state index in [0.717, 1.165) is 19.3 Å². The van der Waals surface area contributed by atoms with Crippen molar-refractivity contribution in [1.29, 1.82) is 0 Å². The zero-order valence-electron chi connectivity index (χ0n) is 10.6. The fourth-order valence-corrected chi connectivity index (χ4v) is 1.35. The van der Waals surface area contributed by atoms with Crippen LogP contribution in [0.3, 0.4) is 0 Å². The van der Waals surface area contributed by atoms with Gasteiger partial charge in [-0.05, 0) is 13.8 Å². The molecule has 0 aromatic rings. The second-order valence-corrected chi connectivity index (χ2v) is 5.08. The molecule has 1 unspecified atom stereocenters. The summed E-state index contributed by atoms with van der Waals surface area (Å²) in [4.78, 5) is 14.6. The van der Waals surface area contributed by atoms with Crippen molar-refractivity contribution in [3.8, 4) is 0 Å². The number of hydrogen-bond acceptors (Lipinski definition) is 5. The molecule has 0 rings (SSSR count). The molecule has 0 aliphatic heterocycles. The Morgan fingerprint density at radius 1 is 1.29 bits per heavy atom. The van der Waals surface area contributed by atoms with E-state index in [0.29, 0.717) is 0 Å². The SMILES string of the molecule is CC=N/C=C(\C)C(=O)OC(C(F)(F)F)C(F)(F)S(=O)(=O)O. The molecule has 1 atom stereocenters. The fourth-order valence-electron chi connectivity index (χ4n) is 0.900. The Morgan fingerprint density at radius 2 is 1.76 bits per heavy atom. The van der Waals surface area contributed by atoms with Gasteiger partial charge < -0.3 is 4.74 Å². The highest BCUT2D eigenvalue weighted by atomic mass is 32.2. The number of alkyl halides is 5. The van der Waals surface area contributed by atoms with Crippen LogP contribution in [-0.4, -0.2) is 42.7 Å². The molecular formula is C9H10F5NO5S. The van der Waals surface area contributed by atoms with Gasteiger partial charge >= 0.3 is 27.5 Å². The van der Waals surface area contributed by atoms with Gasteiger partial charge in [-0.15, -0.1) is 0 Å². The zero-order chi connectivity index (χ0) is 17.1. The lowest BCUT2D eigenvalue weighted by atomic mass is 10.3. The first-order valence-corrected chi connectivity index (χ1v) is 6.46. The predicted octanol–water partition coefficient (Wildman–Crippen LogP) is 1.94. The second-order valence-electron chi connectivity index (χ2n) is 3.58. The van der Waals surface area contributed by atoms with Gasteiger partial charge in [-0.1, -0.05) is 0 Å². The van der Waals surface area contributed by atoms with Crippen LogP contribution in [0.25, 0.3) is 0 Å². The minimum absolute atomic E-state index is 0.589. The Hall–Kier alpha value is -1.56. The molecular weight excluding hydrogens is 329 g/mol. The third-order valence-corrected chi connectivity index (χ3v) is 2.81. The van der Waals surface area contributed by atoms with Crippen molar-refractivity contribution < 1.29 is 44.5 Å². The summed E-state index contributed by atoms with van der Waals surface area (Å²) in [5.41, 5.74) is -0.589. The highest BCUT2D eigenvalue weighted by Gasteiger charge is 2.66. The highest BCUT2D eigenvalue weighted by Crippen LogP contribution is 2.38. The van der Waals surface area contributed by atoms with Gasteiger partial charge in [0.1, 0.15) is 0 Å². The van der Waals surface area contributed by atoms with Crippen molar-refractivity contribution in [1.82, 2.24) is 0 Å². The monoisotopic (exact) mass is 339 g/mol. The number of ether oxygens (including phenoxy) is 1. The molecule has 21 heavy (non-hydrogen) atoms. The largest absolute Gasteiger partial charge is 0.441 e. The number of hydrogen-bond donors (Lipinski definition) is 1. The van der Waals surface area contributed by atoms with E-state index in [1.54, 1.807) is 0 Å². The first kappa shape index (κ1) is 19.4. The fraction of sp³-hybridized carbons (Fsp3) is 0.556. The first-order chi connectivity index (χ1) is 9.25. The van der Waals surface area contributed by atoms with Gasteiger partial charge in [-0.3, -0.25) is 9.55 Å². The van der Waals surface area contributed by atoms with Crippen molar-refractivity contribution in [3.05, 3.63) is 11.8 Å². The summed E-state index contributed by atoms with van der Waals surface area (Å²) < 4.78 is 95.8. The van der Waals surface area contributed by atoms with Crippen molar-refractivity contribution in [2.75, 3.05) is 0 Å². The third kappa shape index (κ3) is 5.04. The van der Waals surface area contributed by atoms with Crippen molar-refractivity contribution in [2.24, 2.45) is 4.99 Å². The lowest BCUT2D eigenvalue weighted by Crippen LogP contribution is -2.52. The molecule has 0 spiro atoms. The van der Waals surface area contributed by atoms with Crippen LogP contribution in [0.4, 0.5) is 22.0 Å². The smallest absolute Gasteiger partial charge is 0.432 e. The minimum Gasteiger partial charge on any atom is -0.441 e. The highest BCUT2D eigenvalue weighted by molar-refractivity contribution is 7.86. The first-order valence-electron chi connectivity index (χ1n) is 5.02. The van der Waals surface area contributed by atoms with E-state index in [4.69, 9.17) is 4.55 Å². The minimum atomic E-state index is -6.45. The number of rotatable bonds is 5. The quantitative estimate of drug-likeness (QED) is 0.272. The van der Waals surface area contributed by atoms with Crippen LogP contribution in [0, 0.1) is 0 Å². The van der Waals surface area contributed by atoms with E-state index in [-0.39, 0.29) is 0 Å². The van der Waals surface area contributed by atoms with Crippen LogP contribution in [0.2, 0.25) is 0 Å². The molecule has 0 aromatic heterocycles. The number of esters is 1. The molecule has 0 bridgehead atoms. The maximum atomic E-state index is 13.1. The maximum Gasteiger partial charge on any atom is 0.432 e. The van der Waals surface area contributed by atoms with Gasteiger partial charge in [0, 0.05) is 12.4 Å². The number of carbonyl (C=O) groups is 1. The molecule has 6 nitrogen and oxygen atoms in total. The van der Waals surface area contributed by atoms with Crippen molar-refractivity contribution in [3.63, 3.8) is 0 Å². The van der Waals surface area contributed by atoms with E-state index >= 15 is 0 Å². The Morgan fingerprint density at radius 3 is 2.10 bits per heavy atom. The lowest BCUT2D eigenvalue weighted by molar-refractivity contribution is -0.257. The molecule has 0 aliphatic carbocycles. The van der Waals surface area contributed by atoms with Gasteiger partial charge in [0.05, 0.1) is 5.57 Å². The Kier molecular flexibility index (Phi) is 5.99. The third-order valence-electron chi connectivity index (χ3n) is 1.91. The molecule has 0 fully saturated rings. The average Bonchev–Trinajstić information content (AvgIpc) is 2.29. The van der Waals surface area contributed by atoms with Crippen LogP contribution in [-0.2, 0) is 19.6 Å². The summed E-state index contributed by atoms with van der Waals surface area (Å²) in [5, 5.41) is -5.75. The molecule has 12 heteroatoms. The summed E-state index contributed by atoms with van der Waals surface area (Å²) in [7, 11) is -6.45. The molecule has 0 amide bonds. The second kappa shape index (κ2) is 6.47. The van der Waals surface area contributed by atoms with Gasteiger partial charge in [-0.2, -0.15) is 30.4 Å². The summed E-state index contributed by atoms with van der Waals surface area (Å²) in [6, 6.07) is 0. The van der Waals surface area contributed by atoms with Crippen LogP contribution in [0.1, 0.15) is 13.8 Å². The maximum absolute atomic E-state index is 13.1. The van der Waals surface area contributed by atoms with E-state index in [9.17, 15) is 35.2 Å². The normalized spacial score (nSPS) is 16.1. The van der Waals surface area contributed by atoms with E-state index in [1.807, 2.05) is 0 Å². The zero-order valence-corrected chi connectivity index (χ0v) is 11.4. The van der Waals surface area contributed by atoms with Gasteiger partial charge in [0.15, 0.2) is 0 Å². The number of nitrogens with zero attached hydrogens (tertiary/aromatic N) is 1. The Bertz CT molecular complexity index is 551. The molecule has 0 saturated heterocycles. The van der Waals surface area contributed by atoms with Crippen LogP contribution < -0.4 is 0 Å². The Labute approximate surface area is 116 Å². The van der Waals surface area contributed by atoms with Gasteiger partial charge in [0.25, 0.3) is 6.10 Å². The standard InChI is InChI=1S/C9H10F5NO5S/c1-3-15-4-5(2)6(16)20-7(8(10,11)12)9(13,14)21(17,18)19/h3-4,7H,1-2H3,(H,17,18,19)/b5-4+,15-3?. The van der Waals surface area contributed by atoms with E-state index in [1.165, 1.54) is 6.92 Å². The molecule has 1 N–H and O–H groups in total.